The molecule has 18 heavy (non-hydrogen) atoms. The van der Waals surface area contributed by atoms with Crippen molar-refractivity contribution in [3.8, 4) is 0 Å². The van der Waals surface area contributed by atoms with Gasteiger partial charge in [0.15, 0.2) is 9.84 Å². The zero-order valence-corrected chi connectivity index (χ0v) is 11.2. The van der Waals surface area contributed by atoms with Crippen LogP contribution in [0.5, 0.6) is 0 Å². The molecule has 0 bridgehead atoms. The lowest BCUT2D eigenvalue weighted by atomic mass is 10.2. The number of amides is 1. The van der Waals surface area contributed by atoms with Gasteiger partial charge in [0, 0.05) is 18.4 Å². The van der Waals surface area contributed by atoms with E-state index in [2.05, 4.69) is 5.32 Å². The maximum absolute atomic E-state index is 11.7. The lowest BCUT2D eigenvalue weighted by Crippen LogP contribution is -2.31. The van der Waals surface area contributed by atoms with E-state index in [-0.39, 0.29) is 17.3 Å². The maximum Gasteiger partial charge on any atom is 0.251 e. The van der Waals surface area contributed by atoms with E-state index >= 15 is 0 Å². The Balaban J connectivity index is 2.71. The van der Waals surface area contributed by atoms with E-state index in [0.29, 0.717) is 12.0 Å². The molecule has 0 aliphatic heterocycles. The van der Waals surface area contributed by atoms with Crippen LogP contribution in [-0.2, 0) is 9.84 Å². The number of aliphatic hydroxyl groups is 1. The first-order valence-electron chi connectivity index (χ1n) is 5.61. The third-order valence-corrected chi connectivity index (χ3v) is 3.64. The summed E-state index contributed by atoms with van der Waals surface area (Å²) in [6, 6.07) is 5.68. The van der Waals surface area contributed by atoms with Gasteiger partial charge in [0.1, 0.15) is 0 Å². The van der Waals surface area contributed by atoms with Gasteiger partial charge in [-0.1, -0.05) is 6.92 Å². The molecule has 1 aromatic carbocycles. The highest BCUT2D eigenvalue weighted by atomic mass is 32.2. The Morgan fingerprint density at radius 1 is 1.33 bits per heavy atom. The lowest BCUT2D eigenvalue weighted by molar-refractivity contribution is 0.0914. The summed E-state index contributed by atoms with van der Waals surface area (Å²) >= 11 is 0. The fraction of sp³-hybridized carbons (Fsp3) is 0.417. The minimum Gasteiger partial charge on any atom is -0.391 e. The van der Waals surface area contributed by atoms with Gasteiger partial charge in [-0.05, 0) is 30.7 Å². The standard InChI is InChI=1S/C12H17NO4S/c1-3-10(14)8-13-12(15)9-4-6-11(7-5-9)18(2,16)17/h4-7,10,14H,3,8H2,1-2H3,(H,13,15). The molecule has 0 saturated heterocycles. The highest BCUT2D eigenvalue weighted by Gasteiger charge is 2.10. The zero-order chi connectivity index (χ0) is 13.8. The molecule has 1 atom stereocenters. The Kier molecular flexibility index (Phi) is 4.86. The molecule has 1 rings (SSSR count). The number of carbonyl (C=O) groups excluding carboxylic acids is 1. The quantitative estimate of drug-likeness (QED) is 0.821. The summed E-state index contributed by atoms with van der Waals surface area (Å²) < 4.78 is 22.5. The Morgan fingerprint density at radius 3 is 2.33 bits per heavy atom. The lowest BCUT2D eigenvalue weighted by Gasteiger charge is -2.09. The minimum absolute atomic E-state index is 0.174. The molecule has 0 aliphatic rings. The van der Waals surface area contributed by atoms with E-state index in [1.807, 2.05) is 6.92 Å². The summed E-state index contributed by atoms with van der Waals surface area (Å²) in [4.78, 5) is 11.8. The SMILES string of the molecule is CCC(O)CNC(=O)c1ccc(S(C)(=O)=O)cc1. The average molecular weight is 271 g/mol. The van der Waals surface area contributed by atoms with Gasteiger partial charge in [0.2, 0.25) is 0 Å². The summed E-state index contributed by atoms with van der Waals surface area (Å²) in [5, 5.41) is 11.9. The third kappa shape index (κ3) is 4.12. The number of hydrogen-bond donors (Lipinski definition) is 2. The van der Waals surface area contributed by atoms with Crippen molar-refractivity contribution in [3.05, 3.63) is 29.8 Å². The van der Waals surface area contributed by atoms with Gasteiger partial charge in [-0.3, -0.25) is 4.79 Å². The van der Waals surface area contributed by atoms with Crippen molar-refractivity contribution in [2.24, 2.45) is 0 Å². The number of sulfone groups is 1. The molecule has 1 amide bonds. The van der Waals surface area contributed by atoms with Crippen LogP contribution in [0, 0.1) is 0 Å². The second-order valence-corrected chi connectivity index (χ2v) is 6.08. The van der Waals surface area contributed by atoms with Gasteiger partial charge in [-0.2, -0.15) is 0 Å². The highest BCUT2D eigenvalue weighted by Crippen LogP contribution is 2.10. The van der Waals surface area contributed by atoms with Crippen LogP contribution in [0.3, 0.4) is 0 Å². The van der Waals surface area contributed by atoms with Gasteiger partial charge in [-0.25, -0.2) is 8.42 Å². The van der Waals surface area contributed by atoms with Crippen molar-refractivity contribution in [2.45, 2.75) is 24.3 Å². The molecule has 0 fully saturated rings. The van der Waals surface area contributed by atoms with E-state index in [0.717, 1.165) is 6.26 Å². The molecule has 2 N–H and O–H groups in total. The molecular weight excluding hydrogens is 254 g/mol. The van der Waals surface area contributed by atoms with Crippen molar-refractivity contribution < 1.29 is 18.3 Å². The Labute approximate surface area is 107 Å². The molecule has 0 saturated carbocycles. The smallest absolute Gasteiger partial charge is 0.251 e. The van der Waals surface area contributed by atoms with Crippen LogP contribution in [-0.4, -0.2) is 38.3 Å². The fourth-order valence-electron chi connectivity index (χ4n) is 1.31. The van der Waals surface area contributed by atoms with Gasteiger partial charge < -0.3 is 10.4 Å². The summed E-state index contributed by atoms with van der Waals surface area (Å²) in [5.41, 5.74) is 0.366. The zero-order valence-electron chi connectivity index (χ0n) is 10.4. The van der Waals surface area contributed by atoms with Gasteiger partial charge in [0.05, 0.1) is 11.0 Å². The molecule has 1 aromatic rings. The molecule has 0 heterocycles. The van der Waals surface area contributed by atoms with E-state index in [1.165, 1.54) is 24.3 Å². The van der Waals surface area contributed by atoms with Crippen LogP contribution in [0.25, 0.3) is 0 Å². The second-order valence-electron chi connectivity index (χ2n) is 4.07. The highest BCUT2D eigenvalue weighted by molar-refractivity contribution is 7.90. The molecule has 6 heteroatoms. The largest absolute Gasteiger partial charge is 0.391 e. The van der Waals surface area contributed by atoms with Crippen molar-refractivity contribution in [3.63, 3.8) is 0 Å². The number of carbonyl (C=O) groups is 1. The molecule has 0 radical (unpaired) electrons. The number of benzene rings is 1. The Hall–Kier alpha value is -1.40. The van der Waals surface area contributed by atoms with Crippen molar-refractivity contribution in [1.29, 1.82) is 0 Å². The first kappa shape index (κ1) is 14.7. The van der Waals surface area contributed by atoms with Crippen molar-refractivity contribution in [1.82, 2.24) is 5.32 Å². The first-order valence-corrected chi connectivity index (χ1v) is 7.50. The van der Waals surface area contributed by atoms with Crippen LogP contribution in [0.4, 0.5) is 0 Å². The average Bonchev–Trinajstić information content (AvgIpc) is 2.34. The summed E-state index contributed by atoms with van der Waals surface area (Å²) in [5.74, 6) is -0.331. The summed E-state index contributed by atoms with van der Waals surface area (Å²) in [6.45, 7) is 2.00. The molecular formula is C12H17NO4S. The molecule has 0 spiro atoms. The first-order chi connectivity index (χ1) is 8.34. The van der Waals surface area contributed by atoms with Crippen LogP contribution in [0.15, 0.2) is 29.2 Å². The van der Waals surface area contributed by atoms with Crippen LogP contribution >= 0.6 is 0 Å². The molecule has 0 aromatic heterocycles. The third-order valence-electron chi connectivity index (χ3n) is 2.51. The predicted molar refractivity (Wildman–Crippen MR) is 68.2 cm³/mol. The topological polar surface area (TPSA) is 83.5 Å². The van der Waals surface area contributed by atoms with E-state index in [9.17, 15) is 18.3 Å². The van der Waals surface area contributed by atoms with Crippen LogP contribution < -0.4 is 5.32 Å². The van der Waals surface area contributed by atoms with Gasteiger partial charge >= 0.3 is 0 Å². The minimum atomic E-state index is -3.25. The Bertz CT molecular complexity index is 507. The molecule has 100 valence electrons. The second kappa shape index (κ2) is 5.97. The monoisotopic (exact) mass is 271 g/mol. The predicted octanol–water partition coefficient (Wildman–Crippen LogP) is 0.591. The van der Waals surface area contributed by atoms with E-state index in [4.69, 9.17) is 0 Å². The van der Waals surface area contributed by atoms with Crippen LogP contribution in [0.2, 0.25) is 0 Å². The Morgan fingerprint density at radius 2 is 1.89 bits per heavy atom. The number of aliphatic hydroxyl groups excluding tert-OH is 1. The van der Waals surface area contributed by atoms with Gasteiger partial charge in [-0.15, -0.1) is 0 Å². The van der Waals surface area contributed by atoms with E-state index in [1.54, 1.807) is 0 Å². The van der Waals surface area contributed by atoms with E-state index < -0.39 is 15.9 Å². The fourth-order valence-corrected chi connectivity index (χ4v) is 1.94. The van der Waals surface area contributed by atoms with Crippen molar-refractivity contribution in [2.75, 3.05) is 12.8 Å². The molecule has 5 nitrogen and oxygen atoms in total. The summed E-state index contributed by atoms with van der Waals surface area (Å²) in [6.07, 6.45) is 1.11. The summed E-state index contributed by atoms with van der Waals surface area (Å²) in [7, 11) is -3.25. The van der Waals surface area contributed by atoms with Crippen LogP contribution in [0.1, 0.15) is 23.7 Å². The van der Waals surface area contributed by atoms with Gasteiger partial charge in [0.25, 0.3) is 5.91 Å². The maximum atomic E-state index is 11.7. The molecule has 1 unspecified atom stereocenters. The normalized spacial score (nSPS) is 13.1. The number of rotatable bonds is 5. The number of hydrogen-bond acceptors (Lipinski definition) is 4. The number of nitrogens with one attached hydrogen (secondary N) is 1. The molecule has 0 aliphatic carbocycles. The van der Waals surface area contributed by atoms with Crippen molar-refractivity contribution >= 4 is 15.7 Å².